The second kappa shape index (κ2) is 5.35. The number of fused-ring (bicyclic) bond motifs is 4. The molecule has 0 saturated carbocycles. The molecule has 1 spiro atoms. The van der Waals surface area contributed by atoms with Crippen LogP contribution in [0.25, 0.3) is 12.2 Å². The molecule has 4 rings (SSSR count). The summed E-state index contributed by atoms with van der Waals surface area (Å²) >= 11 is 3.22. The number of thioether (sulfide) groups is 2. The lowest BCUT2D eigenvalue weighted by Crippen LogP contribution is -2.28. The maximum Gasteiger partial charge on any atom is 0.149 e. The van der Waals surface area contributed by atoms with E-state index in [0.29, 0.717) is 0 Å². The summed E-state index contributed by atoms with van der Waals surface area (Å²) < 4.78 is 0.520. The lowest BCUT2D eigenvalue weighted by Gasteiger charge is -2.43. The van der Waals surface area contributed by atoms with Crippen LogP contribution in [0.3, 0.4) is 0 Å². The Kier molecular flexibility index (Phi) is 3.31. The molecule has 108 valence electrons. The number of benzene rings is 2. The normalized spacial score (nSPS) is 16.3. The molecule has 0 bridgehead atoms. The molecule has 1 aliphatic heterocycles. The van der Waals surface area contributed by atoms with Crippen molar-refractivity contribution >= 4 is 35.7 Å². The molecule has 0 amide bonds. The highest BCUT2D eigenvalue weighted by Gasteiger charge is 2.50. The standard InChI is InChI=1S/C19H10N2S2/c20-11-15(12-21)18-22-19(23-18)16-7-3-1-5-13(16)9-10-14-6-2-4-8-17(14)19/h1-10H. The summed E-state index contributed by atoms with van der Waals surface area (Å²) in [6.45, 7) is 0. The third-order valence-electron chi connectivity index (χ3n) is 3.97. The maximum absolute atomic E-state index is 9.12. The number of allylic oxidation sites excluding steroid dienone is 1. The number of rotatable bonds is 0. The molecule has 23 heavy (non-hydrogen) atoms. The quantitative estimate of drug-likeness (QED) is 0.630. The van der Waals surface area contributed by atoms with Crippen molar-refractivity contribution in [3.8, 4) is 12.1 Å². The molecule has 1 aliphatic carbocycles. The first kappa shape index (κ1) is 14.2. The van der Waals surface area contributed by atoms with Crippen molar-refractivity contribution in [1.82, 2.24) is 0 Å². The molecule has 1 saturated heterocycles. The third kappa shape index (κ3) is 2.04. The van der Waals surface area contributed by atoms with Gasteiger partial charge in [-0.3, -0.25) is 0 Å². The van der Waals surface area contributed by atoms with Crippen LogP contribution < -0.4 is 0 Å². The summed E-state index contributed by atoms with van der Waals surface area (Å²) in [4.78, 5) is 0. The Morgan fingerprint density at radius 1 is 0.783 bits per heavy atom. The second-order valence-electron chi connectivity index (χ2n) is 5.21. The molecule has 2 aromatic carbocycles. The molecule has 0 atom stereocenters. The van der Waals surface area contributed by atoms with E-state index in [1.54, 1.807) is 23.5 Å². The minimum atomic E-state index is -0.287. The summed E-state index contributed by atoms with van der Waals surface area (Å²) in [6.07, 6.45) is 4.28. The maximum atomic E-state index is 9.12. The molecule has 0 N–H and O–H groups in total. The van der Waals surface area contributed by atoms with E-state index in [1.165, 1.54) is 22.3 Å². The topological polar surface area (TPSA) is 47.6 Å². The summed E-state index contributed by atoms with van der Waals surface area (Å²) in [7, 11) is 0. The van der Waals surface area contributed by atoms with Crippen LogP contribution >= 0.6 is 23.5 Å². The van der Waals surface area contributed by atoms with Gasteiger partial charge in [-0.15, -0.1) is 0 Å². The van der Waals surface area contributed by atoms with Crippen LogP contribution in [0.2, 0.25) is 0 Å². The van der Waals surface area contributed by atoms with Crippen molar-refractivity contribution in [1.29, 1.82) is 10.5 Å². The second-order valence-corrected chi connectivity index (χ2v) is 8.18. The van der Waals surface area contributed by atoms with Crippen molar-refractivity contribution in [3.05, 3.63) is 80.6 Å². The van der Waals surface area contributed by atoms with Gasteiger partial charge < -0.3 is 0 Å². The fourth-order valence-electron chi connectivity index (χ4n) is 2.92. The van der Waals surface area contributed by atoms with Gasteiger partial charge in [-0.2, -0.15) is 10.5 Å². The van der Waals surface area contributed by atoms with Gasteiger partial charge in [-0.1, -0.05) is 84.2 Å². The van der Waals surface area contributed by atoms with Crippen molar-refractivity contribution in [2.75, 3.05) is 0 Å². The molecule has 2 aromatic rings. The van der Waals surface area contributed by atoms with Gasteiger partial charge in [-0.25, -0.2) is 0 Å². The number of hydrogen-bond acceptors (Lipinski definition) is 4. The smallest absolute Gasteiger partial charge is 0.149 e. The highest BCUT2D eigenvalue weighted by molar-refractivity contribution is 8.39. The lowest BCUT2D eigenvalue weighted by molar-refractivity contribution is 1.06. The fourth-order valence-corrected chi connectivity index (χ4v) is 6.02. The predicted octanol–water partition coefficient (Wildman–Crippen LogP) is 5.11. The summed E-state index contributed by atoms with van der Waals surface area (Å²) in [6, 6.07) is 20.6. The first-order chi connectivity index (χ1) is 11.3. The minimum absolute atomic E-state index is 0.206. The molecular weight excluding hydrogens is 320 g/mol. The van der Waals surface area contributed by atoms with Crippen LogP contribution in [0.4, 0.5) is 0 Å². The molecule has 0 unspecified atom stereocenters. The minimum Gasteiger partial charge on any atom is -0.192 e. The van der Waals surface area contributed by atoms with E-state index >= 15 is 0 Å². The van der Waals surface area contributed by atoms with Crippen molar-refractivity contribution in [2.24, 2.45) is 0 Å². The van der Waals surface area contributed by atoms with Crippen LogP contribution in [0.5, 0.6) is 0 Å². The Bertz CT molecular complexity index is 882. The van der Waals surface area contributed by atoms with E-state index in [2.05, 4.69) is 36.4 Å². The summed E-state index contributed by atoms with van der Waals surface area (Å²) in [5, 5.41) is 18.2. The van der Waals surface area contributed by atoms with Crippen molar-refractivity contribution in [2.45, 2.75) is 4.08 Å². The van der Waals surface area contributed by atoms with E-state index in [9.17, 15) is 0 Å². The first-order valence-electron chi connectivity index (χ1n) is 7.08. The zero-order valence-corrected chi connectivity index (χ0v) is 13.6. The van der Waals surface area contributed by atoms with Gasteiger partial charge in [0.05, 0.1) is 4.24 Å². The van der Waals surface area contributed by atoms with Crippen LogP contribution in [0, 0.1) is 22.7 Å². The van der Waals surface area contributed by atoms with Gasteiger partial charge in [0.25, 0.3) is 0 Å². The Balaban J connectivity index is 1.95. The Morgan fingerprint density at radius 2 is 1.26 bits per heavy atom. The highest BCUT2D eigenvalue weighted by atomic mass is 32.3. The van der Waals surface area contributed by atoms with Gasteiger partial charge in [0.2, 0.25) is 0 Å². The Hall–Kier alpha value is -2.40. The predicted molar refractivity (Wildman–Crippen MR) is 96.0 cm³/mol. The molecule has 2 nitrogen and oxygen atoms in total. The van der Waals surface area contributed by atoms with Crippen molar-refractivity contribution in [3.63, 3.8) is 0 Å². The SMILES string of the molecule is N#CC(C#N)=C1SC2(S1)c1ccccc1C=Cc1ccccc12. The number of nitriles is 2. The van der Waals surface area contributed by atoms with Gasteiger partial charge in [-0.05, 0) is 22.3 Å². The summed E-state index contributed by atoms with van der Waals surface area (Å²) in [5.41, 5.74) is 5.00. The average molecular weight is 330 g/mol. The van der Waals surface area contributed by atoms with Gasteiger partial charge in [0.15, 0.2) is 0 Å². The van der Waals surface area contributed by atoms with Gasteiger partial charge in [0.1, 0.15) is 21.8 Å². The average Bonchev–Trinajstić information content (AvgIpc) is 2.71. The van der Waals surface area contributed by atoms with E-state index in [1.807, 2.05) is 36.4 Å². The fraction of sp³-hybridized carbons (Fsp3) is 0.0526. The molecule has 1 fully saturated rings. The van der Waals surface area contributed by atoms with Crippen LogP contribution in [-0.2, 0) is 4.08 Å². The highest BCUT2D eigenvalue weighted by Crippen LogP contribution is 2.71. The largest absolute Gasteiger partial charge is 0.192 e. The molecule has 0 radical (unpaired) electrons. The van der Waals surface area contributed by atoms with Gasteiger partial charge >= 0.3 is 0 Å². The lowest BCUT2D eigenvalue weighted by atomic mass is 9.98. The van der Waals surface area contributed by atoms with E-state index in [4.69, 9.17) is 10.5 Å². The third-order valence-corrected chi connectivity index (χ3v) is 7.21. The zero-order chi connectivity index (χ0) is 15.9. The first-order valence-corrected chi connectivity index (χ1v) is 8.71. The molecular formula is C19H10N2S2. The van der Waals surface area contributed by atoms with Crippen LogP contribution in [-0.4, -0.2) is 0 Å². The Labute approximate surface area is 143 Å². The molecule has 4 heteroatoms. The van der Waals surface area contributed by atoms with E-state index in [-0.39, 0.29) is 9.65 Å². The molecule has 0 aromatic heterocycles. The number of nitrogens with zero attached hydrogens (tertiary/aromatic N) is 2. The van der Waals surface area contributed by atoms with E-state index in [0.717, 1.165) is 4.24 Å². The van der Waals surface area contributed by atoms with Crippen LogP contribution in [0.1, 0.15) is 22.3 Å². The molecule has 2 aliphatic rings. The number of hydrogen-bond donors (Lipinski definition) is 0. The summed E-state index contributed by atoms with van der Waals surface area (Å²) in [5.74, 6) is 0. The van der Waals surface area contributed by atoms with Crippen molar-refractivity contribution < 1.29 is 0 Å². The Morgan fingerprint density at radius 3 is 1.74 bits per heavy atom. The van der Waals surface area contributed by atoms with Crippen LogP contribution in [0.15, 0.2) is 58.3 Å². The molecule has 1 heterocycles. The zero-order valence-electron chi connectivity index (χ0n) is 12.0. The monoisotopic (exact) mass is 330 g/mol. The van der Waals surface area contributed by atoms with E-state index < -0.39 is 0 Å². The van der Waals surface area contributed by atoms with Gasteiger partial charge in [0, 0.05) is 0 Å².